The van der Waals surface area contributed by atoms with Crippen molar-refractivity contribution < 1.29 is 4.79 Å². The molecule has 5 heteroatoms. The number of nitrogens with one attached hydrogen (secondary N) is 1. The van der Waals surface area contributed by atoms with Gasteiger partial charge in [-0.1, -0.05) is 13.8 Å². The normalized spacial score (nSPS) is 13.5. The third-order valence-corrected chi connectivity index (χ3v) is 3.35. The summed E-state index contributed by atoms with van der Waals surface area (Å²) in [7, 11) is 1.80. The van der Waals surface area contributed by atoms with Gasteiger partial charge in [-0.05, 0) is 19.8 Å². The molecule has 96 valence electrons. The fourth-order valence-electron chi connectivity index (χ4n) is 1.55. The van der Waals surface area contributed by atoms with E-state index in [1.54, 1.807) is 24.1 Å². The number of amides is 1. The summed E-state index contributed by atoms with van der Waals surface area (Å²) in [5, 5.41) is 7.01. The summed E-state index contributed by atoms with van der Waals surface area (Å²) in [6.07, 6.45) is 5.16. The zero-order valence-electron chi connectivity index (χ0n) is 11.0. The Morgan fingerprint density at radius 3 is 2.59 bits per heavy atom. The van der Waals surface area contributed by atoms with Crippen LogP contribution in [0.5, 0.6) is 0 Å². The van der Waals surface area contributed by atoms with Crippen molar-refractivity contribution in [1.82, 2.24) is 15.1 Å². The van der Waals surface area contributed by atoms with Crippen LogP contribution in [0.2, 0.25) is 0 Å². The van der Waals surface area contributed by atoms with Crippen LogP contribution in [0.3, 0.4) is 0 Å². The minimum Gasteiger partial charge on any atom is -0.349 e. The van der Waals surface area contributed by atoms with Gasteiger partial charge in [0.15, 0.2) is 0 Å². The maximum Gasteiger partial charge on any atom is 0.242 e. The van der Waals surface area contributed by atoms with Gasteiger partial charge in [0.25, 0.3) is 0 Å². The Hall–Kier alpha value is -1.36. The number of carbonyl (C=O) groups is 1. The van der Waals surface area contributed by atoms with Crippen LogP contribution >= 0.6 is 0 Å². The molecule has 0 aliphatic heterocycles. The second-order valence-corrected chi connectivity index (χ2v) is 4.68. The maximum atomic E-state index is 12.0. The third-order valence-electron chi connectivity index (χ3n) is 3.35. The van der Waals surface area contributed by atoms with Gasteiger partial charge in [-0.2, -0.15) is 5.10 Å². The van der Waals surface area contributed by atoms with E-state index in [-0.39, 0.29) is 11.4 Å². The minimum atomic E-state index is -0.652. The lowest BCUT2D eigenvalue weighted by atomic mass is 9.95. The van der Waals surface area contributed by atoms with Crippen LogP contribution < -0.4 is 11.1 Å². The number of carbonyl (C=O) groups excluding carboxylic acids is 1. The highest BCUT2D eigenvalue weighted by Gasteiger charge is 2.26. The third kappa shape index (κ3) is 3.30. The predicted octanol–water partition coefficient (Wildman–Crippen LogP) is 1.11. The zero-order chi connectivity index (χ0) is 13.1. The van der Waals surface area contributed by atoms with E-state index in [4.69, 9.17) is 5.73 Å². The van der Waals surface area contributed by atoms with Gasteiger partial charge in [-0.3, -0.25) is 9.48 Å². The second kappa shape index (κ2) is 5.31. The maximum absolute atomic E-state index is 12.0. The van der Waals surface area contributed by atoms with Gasteiger partial charge in [0.2, 0.25) is 5.91 Å². The molecule has 0 aliphatic carbocycles. The van der Waals surface area contributed by atoms with Crippen LogP contribution in [-0.2, 0) is 11.8 Å². The van der Waals surface area contributed by atoms with Crippen molar-refractivity contribution in [3.05, 3.63) is 18.0 Å². The first-order chi connectivity index (χ1) is 7.91. The first-order valence-electron chi connectivity index (χ1n) is 5.98. The average Bonchev–Trinajstić information content (AvgIpc) is 2.74. The predicted molar refractivity (Wildman–Crippen MR) is 67.3 cm³/mol. The molecular weight excluding hydrogens is 216 g/mol. The topological polar surface area (TPSA) is 72.9 Å². The fraction of sp³-hybridized carbons (Fsp3) is 0.667. The largest absolute Gasteiger partial charge is 0.349 e. The van der Waals surface area contributed by atoms with E-state index in [0.29, 0.717) is 0 Å². The van der Waals surface area contributed by atoms with Crippen LogP contribution in [-0.4, -0.2) is 21.2 Å². The molecule has 0 aromatic carbocycles. The van der Waals surface area contributed by atoms with Crippen molar-refractivity contribution >= 4 is 5.91 Å². The van der Waals surface area contributed by atoms with Gasteiger partial charge in [-0.25, -0.2) is 0 Å². The molecule has 5 nitrogen and oxygen atoms in total. The lowest BCUT2D eigenvalue weighted by Crippen LogP contribution is -2.48. The van der Waals surface area contributed by atoms with Gasteiger partial charge < -0.3 is 11.1 Å². The summed E-state index contributed by atoms with van der Waals surface area (Å²) in [5.41, 5.74) is 6.46. The van der Waals surface area contributed by atoms with Crippen molar-refractivity contribution in [2.24, 2.45) is 12.8 Å². The molecule has 1 heterocycles. The van der Waals surface area contributed by atoms with Crippen molar-refractivity contribution in [2.45, 2.75) is 45.2 Å². The number of nitrogens with two attached hydrogens (primary N) is 1. The molecule has 1 atom stereocenters. The molecular formula is C12H22N4O. The molecule has 0 spiro atoms. The first-order valence-corrected chi connectivity index (χ1v) is 5.98. The average molecular weight is 238 g/mol. The van der Waals surface area contributed by atoms with Gasteiger partial charge >= 0.3 is 0 Å². The fourth-order valence-corrected chi connectivity index (χ4v) is 1.55. The highest BCUT2D eigenvalue weighted by atomic mass is 16.2. The summed E-state index contributed by atoms with van der Waals surface area (Å²) < 4.78 is 1.64. The Balaban J connectivity index is 2.71. The van der Waals surface area contributed by atoms with E-state index in [2.05, 4.69) is 24.3 Å². The molecule has 17 heavy (non-hydrogen) atoms. The highest BCUT2D eigenvalue weighted by molar-refractivity contribution is 5.83. The molecule has 0 saturated carbocycles. The summed E-state index contributed by atoms with van der Waals surface area (Å²) >= 11 is 0. The van der Waals surface area contributed by atoms with Gasteiger partial charge in [0.1, 0.15) is 6.04 Å². The molecule has 1 rings (SSSR count). The van der Waals surface area contributed by atoms with Crippen molar-refractivity contribution in [3.8, 4) is 0 Å². The second-order valence-electron chi connectivity index (χ2n) is 4.68. The van der Waals surface area contributed by atoms with E-state index in [0.717, 1.165) is 18.4 Å². The van der Waals surface area contributed by atoms with Crippen LogP contribution in [0.25, 0.3) is 0 Å². The lowest BCUT2D eigenvalue weighted by Gasteiger charge is -2.29. The Kier molecular flexibility index (Phi) is 4.28. The number of hydrogen-bond acceptors (Lipinski definition) is 3. The molecule has 0 radical (unpaired) electrons. The van der Waals surface area contributed by atoms with Crippen LogP contribution in [0.15, 0.2) is 12.4 Å². The zero-order valence-corrected chi connectivity index (χ0v) is 11.0. The van der Waals surface area contributed by atoms with Gasteiger partial charge in [-0.15, -0.1) is 0 Å². The van der Waals surface area contributed by atoms with E-state index in [1.807, 2.05) is 6.92 Å². The van der Waals surface area contributed by atoms with Crippen LogP contribution in [0.1, 0.15) is 45.2 Å². The van der Waals surface area contributed by atoms with E-state index in [1.165, 1.54) is 0 Å². The molecule has 1 unspecified atom stereocenters. The van der Waals surface area contributed by atoms with E-state index < -0.39 is 6.04 Å². The number of aryl methyl sites for hydroxylation is 1. The molecule has 0 aliphatic rings. The number of hydrogen-bond donors (Lipinski definition) is 2. The van der Waals surface area contributed by atoms with Gasteiger partial charge in [0, 0.05) is 24.3 Å². The molecule has 1 aromatic rings. The van der Waals surface area contributed by atoms with E-state index >= 15 is 0 Å². The van der Waals surface area contributed by atoms with E-state index in [9.17, 15) is 4.79 Å². The number of nitrogens with zero attached hydrogens (tertiary/aromatic N) is 2. The summed E-state index contributed by atoms with van der Waals surface area (Å²) in [5.74, 6) is -0.149. The standard InChI is InChI=1S/C12H22N4O/c1-5-12(3,6-2)15-11(17)10(13)9-7-14-16(4)8-9/h7-8,10H,5-6,13H2,1-4H3,(H,15,17). The Morgan fingerprint density at radius 1 is 1.59 bits per heavy atom. The Morgan fingerprint density at radius 2 is 2.18 bits per heavy atom. The minimum absolute atomic E-state index is 0.149. The number of rotatable bonds is 5. The molecule has 1 aromatic heterocycles. The molecule has 0 bridgehead atoms. The Labute approximate surface area is 102 Å². The molecule has 3 N–H and O–H groups in total. The van der Waals surface area contributed by atoms with Crippen molar-refractivity contribution in [3.63, 3.8) is 0 Å². The monoisotopic (exact) mass is 238 g/mol. The quantitative estimate of drug-likeness (QED) is 0.807. The summed E-state index contributed by atoms with van der Waals surface area (Å²) in [6, 6.07) is -0.652. The highest BCUT2D eigenvalue weighted by Crippen LogP contribution is 2.16. The number of aromatic nitrogens is 2. The van der Waals surface area contributed by atoms with Crippen LogP contribution in [0.4, 0.5) is 0 Å². The molecule has 1 amide bonds. The summed E-state index contributed by atoms with van der Waals surface area (Å²) in [6.45, 7) is 6.14. The van der Waals surface area contributed by atoms with Gasteiger partial charge in [0.05, 0.1) is 6.20 Å². The summed E-state index contributed by atoms with van der Waals surface area (Å²) in [4.78, 5) is 12.0. The smallest absolute Gasteiger partial charge is 0.242 e. The Bertz CT molecular complexity index is 382. The first kappa shape index (κ1) is 13.7. The SMILES string of the molecule is CCC(C)(CC)NC(=O)C(N)c1cnn(C)c1. The van der Waals surface area contributed by atoms with Crippen molar-refractivity contribution in [2.75, 3.05) is 0 Å². The lowest BCUT2D eigenvalue weighted by molar-refractivity contribution is -0.124. The molecule has 0 saturated heterocycles. The van der Waals surface area contributed by atoms with Crippen molar-refractivity contribution in [1.29, 1.82) is 0 Å². The molecule has 0 fully saturated rings. The van der Waals surface area contributed by atoms with Crippen LogP contribution in [0, 0.1) is 0 Å².